The maximum atomic E-state index is 12.1. The molecule has 1 fully saturated rings. The van der Waals surface area contributed by atoms with E-state index in [1.54, 1.807) is 0 Å². The van der Waals surface area contributed by atoms with Gasteiger partial charge in [0.15, 0.2) is 0 Å². The molecule has 0 bridgehead atoms. The molecule has 15 heavy (non-hydrogen) atoms. The molecule has 0 aliphatic heterocycles. The first kappa shape index (κ1) is 12.9. The highest BCUT2D eigenvalue weighted by Gasteiger charge is 2.41. The third-order valence-corrected chi connectivity index (χ3v) is 5.39. The number of sulfonamides is 1. The van der Waals surface area contributed by atoms with Gasteiger partial charge < -0.3 is 5.11 Å². The van der Waals surface area contributed by atoms with E-state index in [4.69, 9.17) is 5.11 Å². The number of nitrogens with zero attached hydrogens (tertiary/aromatic N) is 1. The maximum Gasteiger partial charge on any atom is 0.217 e. The van der Waals surface area contributed by atoms with Gasteiger partial charge in [-0.25, -0.2) is 8.42 Å². The van der Waals surface area contributed by atoms with Crippen LogP contribution in [0.3, 0.4) is 0 Å². The molecule has 0 atom stereocenters. The van der Waals surface area contributed by atoms with E-state index in [1.807, 2.05) is 13.8 Å². The van der Waals surface area contributed by atoms with Crippen LogP contribution in [0.2, 0.25) is 0 Å². The molecule has 1 rings (SSSR count). The molecule has 0 heterocycles. The summed E-state index contributed by atoms with van der Waals surface area (Å²) >= 11 is 0. The number of hydrogen-bond donors (Lipinski definition) is 1. The minimum absolute atomic E-state index is 0.0442. The van der Waals surface area contributed by atoms with E-state index in [-0.39, 0.29) is 24.4 Å². The first-order chi connectivity index (χ1) is 7.07. The van der Waals surface area contributed by atoms with Gasteiger partial charge in [-0.15, -0.1) is 0 Å². The summed E-state index contributed by atoms with van der Waals surface area (Å²) < 4.78 is 25.6. The van der Waals surface area contributed by atoms with E-state index in [2.05, 4.69) is 0 Å². The Morgan fingerprint density at radius 1 is 1.33 bits per heavy atom. The molecule has 0 saturated heterocycles. The van der Waals surface area contributed by atoms with Gasteiger partial charge in [-0.1, -0.05) is 13.8 Å². The zero-order chi connectivity index (χ0) is 11.5. The summed E-state index contributed by atoms with van der Waals surface area (Å²) in [5.74, 6) is 0. The van der Waals surface area contributed by atoms with Crippen molar-refractivity contribution in [2.24, 2.45) is 0 Å². The van der Waals surface area contributed by atoms with Gasteiger partial charge in [-0.2, -0.15) is 4.31 Å². The Morgan fingerprint density at radius 2 is 1.87 bits per heavy atom. The smallest absolute Gasteiger partial charge is 0.217 e. The molecule has 0 amide bonds. The van der Waals surface area contributed by atoms with Crippen molar-refractivity contribution in [3.05, 3.63) is 0 Å². The summed E-state index contributed by atoms with van der Waals surface area (Å²) in [5.41, 5.74) is 0. The summed E-state index contributed by atoms with van der Waals surface area (Å²) in [7, 11) is -3.14. The van der Waals surface area contributed by atoms with Crippen LogP contribution in [0.25, 0.3) is 0 Å². The van der Waals surface area contributed by atoms with Crippen molar-refractivity contribution >= 4 is 10.0 Å². The largest absolute Gasteiger partial charge is 0.395 e. The molecular weight excluding hydrogens is 214 g/mol. The van der Waals surface area contributed by atoms with E-state index in [9.17, 15) is 8.42 Å². The second-order valence-corrected chi connectivity index (χ2v) is 6.21. The maximum absolute atomic E-state index is 12.1. The van der Waals surface area contributed by atoms with Crippen molar-refractivity contribution in [1.29, 1.82) is 0 Å². The molecule has 0 aromatic heterocycles. The van der Waals surface area contributed by atoms with Crippen LogP contribution in [-0.4, -0.2) is 42.3 Å². The van der Waals surface area contributed by atoms with Gasteiger partial charge in [0.2, 0.25) is 10.0 Å². The fourth-order valence-electron chi connectivity index (χ4n) is 1.87. The molecule has 1 aliphatic carbocycles. The highest BCUT2D eigenvalue weighted by molar-refractivity contribution is 7.90. The Bertz CT molecular complexity index is 281. The lowest BCUT2D eigenvalue weighted by molar-refractivity contribution is 0.219. The van der Waals surface area contributed by atoms with Crippen molar-refractivity contribution in [1.82, 2.24) is 4.31 Å². The fourth-order valence-corrected chi connectivity index (χ4v) is 4.03. The number of hydrogen-bond acceptors (Lipinski definition) is 3. The molecule has 1 saturated carbocycles. The number of aliphatic hydroxyl groups is 1. The summed E-state index contributed by atoms with van der Waals surface area (Å²) in [6, 6.07) is 0.0442. The van der Waals surface area contributed by atoms with Gasteiger partial charge >= 0.3 is 0 Å². The summed E-state index contributed by atoms with van der Waals surface area (Å²) in [6.45, 7) is 4.12. The highest BCUT2D eigenvalue weighted by Crippen LogP contribution is 2.32. The molecule has 0 spiro atoms. The predicted octanol–water partition coefficient (Wildman–Crippen LogP) is 0.962. The number of aliphatic hydroxyl groups excluding tert-OH is 1. The Kier molecular flexibility index (Phi) is 4.55. The lowest BCUT2D eigenvalue weighted by Crippen LogP contribution is -2.43. The fraction of sp³-hybridized carbons (Fsp3) is 1.00. The van der Waals surface area contributed by atoms with Crippen LogP contribution in [0.4, 0.5) is 0 Å². The normalized spacial score (nSPS) is 17.7. The number of rotatable bonds is 7. The minimum atomic E-state index is -3.14. The zero-order valence-electron chi connectivity index (χ0n) is 9.52. The Labute approximate surface area is 92.3 Å². The van der Waals surface area contributed by atoms with E-state index in [0.717, 1.165) is 25.7 Å². The Hall–Kier alpha value is -0.130. The van der Waals surface area contributed by atoms with Crippen LogP contribution < -0.4 is 0 Å². The van der Waals surface area contributed by atoms with Crippen molar-refractivity contribution < 1.29 is 13.5 Å². The van der Waals surface area contributed by atoms with Crippen molar-refractivity contribution in [3.63, 3.8) is 0 Å². The van der Waals surface area contributed by atoms with Crippen LogP contribution >= 0.6 is 0 Å². The third-order valence-electron chi connectivity index (χ3n) is 2.94. The molecule has 1 N–H and O–H groups in total. The van der Waals surface area contributed by atoms with Crippen LogP contribution in [-0.2, 0) is 10.0 Å². The topological polar surface area (TPSA) is 57.6 Å². The first-order valence-electron chi connectivity index (χ1n) is 5.69. The van der Waals surface area contributed by atoms with Crippen LogP contribution in [0, 0.1) is 0 Å². The molecule has 0 aromatic carbocycles. The molecular formula is C10H21NO3S. The SMILES string of the molecule is CCC(CC)N(CCO)S(=O)(=O)C1CC1. The Morgan fingerprint density at radius 3 is 2.20 bits per heavy atom. The second-order valence-electron chi connectivity index (χ2n) is 4.05. The zero-order valence-corrected chi connectivity index (χ0v) is 10.3. The molecule has 0 unspecified atom stereocenters. The van der Waals surface area contributed by atoms with Gasteiger partial charge in [-0.3, -0.25) is 0 Å². The molecule has 5 heteroatoms. The van der Waals surface area contributed by atoms with Crippen LogP contribution in [0.1, 0.15) is 39.5 Å². The minimum Gasteiger partial charge on any atom is -0.395 e. The van der Waals surface area contributed by atoms with Crippen molar-refractivity contribution in [3.8, 4) is 0 Å². The molecule has 0 aromatic rings. The molecule has 1 aliphatic rings. The lowest BCUT2D eigenvalue weighted by atomic mass is 10.2. The van der Waals surface area contributed by atoms with E-state index < -0.39 is 10.0 Å². The molecule has 0 radical (unpaired) electrons. The van der Waals surface area contributed by atoms with Gasteiger partial charge in [0.05, 0.1) is 11.9 Å². The summed E-state index contributed by atoms with van der Waals surface area (Å²) in [4.78, 5) is 0. The standard InChI is InChI=1S/C10H21NO3S/c1-3-9(4-2)11(7-8-12)15(13,14)10-5-6-10/h9-10,12H,3-8H2,1-2H3. The monoisotopic (exact) mass is 235 g/mol. The van der Waals surface area contributed by atoms with Crippen molar-refractivity contribution in [2.75, 3.05) is 13.2 Å². The first-order valence-corrected chi connectivity index (χ1v) is 7.19. The van der Waals surface area contributed by atoms with Gasteiger partial charge in [0, 0.05) is 12.6 Å². The van der Waals surface area contributed by atoms with Gasteiger partial charge in [0.1, 0.15) is 0 Å². The molecule has 4 nitrogen and oxygen atoms in total. The predicted molar refractivity (Wildman–Crippen MR) is 60.1 cm³/mol. The van der Waals surface area contributed by atoms with Crippen LogP contribution in [0.5, 0.6) is 0 Å². The van der Waals surface area contributed by atoms with Crippen LogP contribution in [0.15, 0.2) is 0 Å². The lowest BCUT2D eigenvalue weighted by Gasteiger charge is -2.28. The van der Waals surface area contributed by atoms with E-state index in [0.29, 0.717) is 0 Å². The summed E-state index contributed by atoms with van der Waals surface area (Å²) in [5, 5.41) is 8.76. The average Bonchev–Trinajstić information content (AvgIpc) is 3.01. The van der Waals surface area contributed by atoms with Gasteiger partial charge in [-0.05, 0) is 25.7 Å². The highest BCUT2D eigenvalue weighted by atomic mass is 32.2. The van der Waals surface area contributed by atoms with Gasteiger partial charge in [0.25, 0.3) is 0 Å². The average molecular weight is 235 g/mol. The van der Waals surface area contributed by atoms with Crippen molar-refractivity contribution in [2.45, 2.75) is 50.8 Å². The van der Waals surface area contributed by atoms with E-state index >= 15 is 0 Å². The molecule has 90 valence electrons. The Balaban J connectivity index is 2.80. The third kappa shape index (κ3) is 2.92. The summed E-state index contributed by atoms with van der Waals surface area (Å²) in [6.07, 6.45) is 3.18. The van der Waals surface area contributed by atoms with E-state index in [1.165, 1.54) is 4.31 Å². The second kappa shape index (κ2) is 5.27. The quantitative estimate of drug-likeness (QED) is 0.715.